The lowest BCUT2D eigenvalue weighted by molar-refractivity contribution is 0.102. The number of anilines is 2. The Morgan fingerprint density at radius 1 is 1.00 bits per heavy atom. The zero-order valence-electron chi connectivity index (χ0n) is 14.9. The number of amides is 1. The van der Waals surface area contributed by atoms with Gasteiger partial charge in [0.1, 0.15) is 0 Å². The molecule has 2 N–H and O–H groups in total. The molecule has 3 rings (SSSR count). The van der Waals surface area contributed by atoms with Crippen molar-refractivity contribution in [2.24, 2.45) is 0 Å². The van der Waals surface area contributed by atoms with Gasteiger partial charge in [0.2, 0.25) is 5.95 Å². The first-order valence-electron chi connectivity index (χ1n) is 8.70. The number of rotatable bonds is 6. The number of carbonyl (C=O) groups excluding carboxylic acids is 1. The summed E-state index contributed by atoms with van der Waals surface area (Å²) in [5, 5.41) is 6.16. The molecule has 5 heteroatoms. The molecular weight excluding hydrogens is 324 g/mol. The van der Waals surface area contributed by atoms with E-state index in [1.165, 1.54) is 12.4 Å². The molecule has 1 amide bonds. The topological polar surface area (TPSA) is 66.9 Å². The zero-order chi connectivity index (χ0) is 18.4. The maximum absolute atomic E-state index is 12.4. The predicted octanol–water partition coefficient (Wildman–Crippen LogP) is 4.46. The van der Waals surface area contributed by atoms with Crippen LogP contribution in [0.1, 0.15) is 41.4 Å². The number of hydrogen-bond donors (Lipinski definition) is 2. The van der Waals surface area contributed by atoms with Gasteiger partial charge in [-0.3, -0.25) is 4.79 Å². The van der Waals surface area contributed by atoms with E-state index in [-0.39, 0.29) is 11.9 Å². The minimum Gasteiger partial charge on any atom is -0.348 e. The highest BCUT2D eigenvalue weighted by molar-refractivity contribution is 6.04. The Morgan fingerprint density at radius 3 is 2.35 bits per heavy atom. The first-order valence-corrected chi connectivity index (χ1v) is 8.70. The van der Waals surface area contributed by atoms with Gasteiger partial charge in [-0.1, -0.05) is 55.5 Å². The molecule has 132 valence electrons. The van der Waals surface area contributed by atoms with Crippen molar-refractivity contribution in [2.75, 3.05) is 10.6 Å². The smallest absolute Gasteiger partial charge is 0.258 e. The van der Waals surface area contributed by atoms with Gasteiger partial charge in [0, 0.05) is 18.1 Å². The van der Waals surface area contributed by atoms with Crippen molar-refractivity contribution < 1.29 is 4.79 Å². The fourth-order valence-corrected chi connectivity index (χ4v) is 2.68. The van der Waals surface area contributed by atoms with Gasteiger partial charge in [0.25, 0.3) is 5.91 Å². The number of nitrogens with zero attached hydrogens (tertiary/aromatic N) is 2. The standard InChI is InChI=1S/C21H22N4O/c1-3-16-9-7-8-12-19(16)25-20(26)18-13-22-21(23-14-18)24-15(2)17-10-5-4-6-11-17/h4-15H,3H2,1-2H3,(H,25,26)(H,22,23,24). The van der Waals surface area contributed by atoms with Crippen LogP contribution >= 0.6 is 0 Å². The molecule has 0 radical (unpaired) electrons. The van der Waals surface area contributed by atoms with E-state index in [2.05, 4.69) is 27.5 Å². The third-order valence-corrected chi connectivity index (χ3v) is 4.21. The molecular formula is C21H22N4O. The van der Waals surface area contributed by atoms with E-state index in [0.29, 0.717) is 11.5 Å². The summed E-state index contributed by atoms with van der Waals surface area (Å²) < 4.78 is 0. The van der Waals surface area contributed by atoms with Crippen LogP contribution in [-0.2, 0) is 6.42 Å². The van der Waals surface area contributed by atoms with E-state index in [9.17, 15) is 4.79 Å². The highest BCUT2D eigenvalue weighted by Crippen LogP contribution is 2.18. The molecule has 0 aliphatic carbocycles. The minimum absolute atomic E-state index is 0.0762. The van der Waals surface area contributed by atoms with Crippen LogP contribution in [0.4, 0.5) is 11.6 Å². The van der Waals surface area contributed by atoms with Gasteiger partial charge in [-0.05, 0) is 30.5 Å². The van der Waals surface area contributed by atoms with Gasteiger partial charge < -0.3 is 10.6 Å². The van der Waals surface area contributed by atoms with Crippen LogP contribution < -0.4 is 10.6 Å². The van der Waals surface area contributed by atoms with Crippen LogP contribution in [0.5, 0.6) is 0 Å². The Hall–Kier alpha value is -3.21. The van der Waals surface area contributed by atoms with Crippen molar-refractivity contribution in [3.8, 4) is 0 Å². The van der Waals surface area contributed by atoms with Crippen LogP contribution in [-0.4, -0.2) is 15.9 Å². The molecule has 5 nitrogen and oxygen atoms in total. The fraction of sp³-hybridized carbons (Fsp3) is 0.190. The van der Waals surface area contributed by atoms with Crippen molar-refractivity contribution in [1.29, 1.82) is 0 Å². The Labute approximate surface area is 153 Å². The predicted molar refractivity (Wildman–Crippen MR) is 104 cm³/mol. The third-order valence-electron chi connectivity index (χ3n) is 4.21. The summed E-state index contributed by atoms with van der Waals surface area (Å²) in [5.74, 6) is 0.278. The zero-order valence-corrected chi connectivity index (χ0v) is 14.9. The highest BCUT2D eigenvalue weighted by atomic mass is 16.1. The number of aryl methyl sites for hydroxylation is 1. The highest BCUT2D eigenvalue weighted by Gasteiger charge is 2.11. The van der Waals surface area contributed by atoms with Gasteiger partial charge in [-0.2, -0.15) is 0 Å². The molecule has 1 heterocycles. The lowest BCUT2D eigenvalue weighted by Gasteiger charge is -2.14. The average molecular weight is 346 g/mol. The van der Waals surface area contributed by atoms with E-state index in [1.807, 2.05) is 61.5 Å². The number of nitrogens with one attached hydrogen (secondary N) is 2. The molecule has 1 unspecified atom stereocenters. The monoisotopic (exact) mass is 346 g/mol. The van der Waals surface area contributed by atoms with Crippen molar-refractivity contribution in [2.45, 2.75) is 26.3 Å². The van der Waals surface area contributed by atoms with Crippen LogP contribution in [0.2, 0.25) is 0 Å². The van der Waals surface area contributed by atoms with E-state index < -0.39 is 0 Å². The number of benzene rings is 2. The van der Waals surface area contributed by atoms with Crippen molar-refractivity contribution in [3.05, 3.63) is 83.7 Å². The van der Waals surface area contributed by atoms with Gasteiger partial charge in [-0.15, -0.1) is 0 Å². The molecule has 0 saturated carbocycles. The van der Waals surface area contributed by atoms with Crippen LogP contribution in [0.3, 0.4) is 0 Å². The molecule has 26 heavy (non-hydrogen) atoms. The lowest BCUT2D eigenvalue weighted by atomic mass is 10.1. The summed E-state index contributed by atoms with van der Waals surface area (Å²) in [6, 6.07) is 17.9. The first kappa shape index (κ1) is 17.6. The van der Waals surface area contributed by atoms with Gasteiger partial charge in [0.05, 0.1) is 11.6 Å². The molecule has 2 aromatic carbocycles. The van der Waals surface area contributed by atoms with Crippen LogP contribution in [0.15, 0.2) is 67.0 Å². The maximum Gasteiger partial charge on any atom is 0.258 e. The molecule has 0 spiro atoms. The fourth-order valence-electron chi connectivity index (χ4n) is 2.68. The number of aromatic nitrogens is 2. The van der Waals surface area contributed by atoms with Crippen molar-refractivity contribution in [1.82, 2.24) is 9.97 Å². The molecule has 0 aliphatic rings. The third kappa shape index (κ3) is 4.25. The summed E-state index contributed by atoms with van der Waals surface area (Å²) in [4.78, 5) is 21.0. The first-order chi connectivity index (χ1) is 12.7. The molecule has 1 atom stereocenters. The second-order valence-corrected chi connectivity index (χ2v) is 6.04. The Balaban J connectivity index is 1.66. The molecule has 0 aliphatic heterocycles. The Morgan fingerprint density at radius 2 is 1.65 bits per heavy atom. The van der Waals surface area contributed by atoms with Crippen molar-refractivity contribution in [3.63, 3.8) is 0 Å². The Bertz CT molecular complexity index is 863. The second-order valence-electron chi connectivity index (χ2n) is 6.04. The summed E-state index contributed by atoms with van der Waals surface area (Å²) in [6.45, 7) is 4.10. The molecule has 0 bridgehead atoms. The summed E-state index contributed by atoms with van der Waals surface area (Å²) >= 11 is 0. The lowest BCUT2D eigenvalue weighted by Crippen LogP contribution is -2.15. The molecule has 3 aromatic rings. The summed E-state index contributed by atoms with van der Waals surface area (Å²) in [6.07, 6.45) is 3.93. The number of hydrogen-bond acceptors (Lipinski definition) is 4. The van der Waals surface area contributed by atoms with Gasteiger partial charge in [-0.25, -0.2) is 9.97 Å². The van der Waals surface area contributed by atoms with E-state index in [0.717, 1.165) is 23.2 Å². The largest absolute Gasteiger partial charge is 0.348 e. The quantitative estimate of drug-likeness (QED) is 0.691. The molecule has 0 saturated heterocycles. The van der Waals surface area contributed by atoms with Crippen LogP contribution in [0.25, 0.3) is 0 Å². The van der Waals surface area contributed by atoms with Gasteiger partial charge in [0.15, 0.2) is 0 Å². The van der Waals surface area contributed by atoms with Crippen molar-refractivity contribution >= 4 is 17.5 Å². The molecule has 1 aromatic heterocycles. The SMILES string of the molecule is CCc1ccccc1NC(=O)c1cnc(NC(C)c2ccccc2)nc1. The Kier molecular flexibility index (Phi) is 5.59. The minimum atomic E-state index is -0.214. The summed E-state index contributed by atoms with van der Waals surface area (Å²) in [5.41, 5.74) is 3.49. The van der Waals surface area contributed by atoms with Crippen LogP contribution in [0, 0.1) is 0 Å². The van der Waals surface area contributed by atoms with E-state index >= 15 is 0 Å². The summed E-state index contributed by atoms with van der Waals surface area (Å²) in [7, 11) is 0. The number of carbonyl (C=O) groups is 1. The number of para-hydroxylation sites is 1. The van der Waals surface area contributed by atoms with Gasteiger partial charge >= 0.3 is 0 Å². The van der Waals surface area contributed by atoms with E-state index in [1.54, 1.807) is 0 Å². The molecule has 0 fully saturated rings. The second kappa shape index (κ2) is 8.25. The average Bonchev–Trinajstić information content (AvgIpc) is 2.69. The van der Waals surface area contributed by atoms with E-state index in [4.69, 9.17) is 0 Å². The maximum atomic E-state index is 12.4. The normalized spacial score (nSPS) is 11.6.